The highest BCUT2D eigenvalue weighted by molar-refractivity contribution is 5.03. The molecule has 1 aromatic heterocycles. The monoisotopic (exact) mass is 255 g/mol. The van der Waals surface area contributed by atoms with Gasteiger partial charge in [0.1, 0.15) is 0 Å². The zero-order chi connectivity index (χ0) is 13.5. The lowest BCUT2D eigenvalue weighted by atomic mass is 10.2. The highest BCUT2D eigenvalue weighted by Crippen LogP contribution is 2.08. The molecule has 0 unspecified atom stereocenters. The molecule has 104 valence electrons. The van der Waals surface area contributed by atoms with Crippen LogP contribution in [-0.2, 0) is 18.3 Å². The van der Waals surface area contributed by atoms with Gasteiger partial charge in [0.15, 0.2) is 0 Å². The van der Waals surface area contributed by atoms with E-state index in [-0.39, 0.29) is 0 Å². The fourth-order valence-corrected chi connectivity index (χ4v) is 1.82. The van der Waals surface area contributed by atoms with Crippen LogP contribution >= 0.6 is 0 Å². The summed E-state index contributed by atoms with van der Waals surface area (Å²) in [5.74, 6) is 0. The lowest BCUT2D eigenvalue weighted by Crippen LogP contribution is -2.38. The fourth-order valence-electron chi connectivity index (χ4n) is 1.82. The van der Waals surface area contributed by atoms with Crippen molar-refractivity contribution >= 4 is 0 Å². The first-order valence-corrected chi connectivity index (χ1v) is 6.50. The molecule has 18 heavy (non-hydrogen) atoms. The molecule has 0 aliphatic rings. The molecule has 0 bridgehead atoms. The van der Waals surface area contributed by atoms with Crippen LogP contribution in [0.25, 0.3) is 0 Å². The van der Waals surface area contributed by atoms with E-state index in [0.717, 1.165) is 12.1 Å². The second kappa shape index (κ2) is 7.51. The van der Waals surface area contributed by atoms with Crippen LogP contribution in [0.4, 0.5) is 0 Å². The molecule has 0 saturated heterocycles. The van der Waals surface area contributed by atoms with Crippen LogP contribution in [0, 0.1) is 0 Å². The van der Waals surface area contributed by atoms with Crippen molar-refractivity contribution in [1.29, 1.82) is 0 Å². The zero-order valence-electron chi connectivity index (χ0n) is 11.8. The lowest BCUT2D eigenvalue weighted by Gasteiger charge is -2.28. The smallest absolute Gasteiger partial charge is 0.0900 e. The van der Waals surface area contributed by atoms with Gasteiger partial charge < -0.3 is 9.84 Å². The molecule has 5 nitrogen and oxygen atoms in total. The normalized spacial score (nSPS) is 13.5. The molecule has 0 aliphatic carbocycles. The van der Waals surface area contributed by atoms with Gasteiger partial charge in [-0.3, -0.25) is 9.58 Å². The van der Waals surface area contributed by atoms with Crippen LogP contribution < -0.4 is 0 Å². The Kier molecular flexibility index (Phi) is 6.32. The minimum Gasteiger partial charge on any atom is -0.389 e. The zero-order valence-corrected chi connectivity index (χ0v) is 11.8. The Hall–Kier alpha value is -0.910. The number of aryl methyl sites for hydroxylation is 1. The molecule has 1 heterocycles. The molecule has 5 heteroatoms. The van der Waals surface area contributed by atoms with Gasteiger partial charge in [-0.1, -0.05) is 0 Å². The van der Waals surface area contributed by atoms with Crippen molar-refractivity contribution in [3.8, 4) is 0 Å². The summed E-state index contributed by atoms with van der Waals surface area (Å²) in [6, 6.07) is 0.376. The van der Waals surface area contributed by atoms with Gasteiger partial charge in [0.25, 0.3) is 0 Å². The number of aliphatic hydroxyl groups excluding tert-OH is 1. The first kappa shape index (κ1) is 15.1. The van der Waals surface area contributed by atoms with E-state index in [4.69, 9.17) is 4.74 Å². The van der Waals surface area contributed by atoms with E-state index in [9.17, 15) is 5.11 Å². The van der Waals surface area contributed by atoms with Crippen molar-refractivity contribution in [2.45, 2.75) is 39.5 Å². The maximum atomic E-state index is 9.90. The summed E-state index contributed by atoms with van der Waals surface area (Å²) in [5, 5.41) is 14.1. The molecule has 0 saturated carbocycles. The predicted octanol–water partition coefficient (Wildman–Crippen LogP) is 1.03. The molecule has 1 aromatic rings. The molecule has 1 atom stereocenters. The largest absolute Gasteiger partial charge is 0.389 e. The van der Waals surface area contributed by atoms with E-state index < -0.39 is 6.10 Å². The summed E-state index contributed by atoms with van der Waals surface area (Å²) in [6.45, 7) is 8.64. The van der Waals surface area contributed by atoms with Gasteiger partial charge in [0.05, 0.1) is 18.9 Å². The van der Waals surface area contributed by atoms with Gasteiger partial charge in [-0.15, -0.1) is 0 Å². The second-order valence-corrected chi connectivity index (χ2v) is 4.86. The van der Waals surface area contributed by atoms with Gasteiger partial charge >= 0.3 is 0 Å². The van der Waals surface area contributed by atoms with Crippen LogP contribution in [0.15, 0.2) is 12.4 Å². The lowest BCUT2D eigenvalue weighted by molar-refractivity contribution is 0.0133. The Labute approximate surface area is 109 Å². The Bertz CT molecular complexity index is 339. The molecule has 0 aromatic carbocycles. The van der Waals surface area contributed by atoms with Crippen molar-refractivity contribution < 1.29 is 9.84 Å². The van der Waals surface area contributed by atoms with Crippen molar-refractivity contribution in [2.75, 3.05) is 19.8 Å². The number of aliphatic hydroxyl groups is 1. The molecule has 0 radical (unpaired) electrons. The van der Waals surface area contributed by atoms with Crippen LogP contribution in [0.3, 0.4) is 0 Å². The minimum atomic E-state index is -0.441. The summed E-state index contributed by atoms with van der Waals surface area (Å²) < 4.78 is 7.03. The Balaban J connectivity index is 2.49. The maximum Gasteiger partial charge on any atom is 0.0900 e. The number of hydrogen-bond acceptors (Lipinski definition) is 4. The van der Waals surface area contributed by atoms with E-state index in [1.807, 2.05) is 26.4 Å². The summed E-state index contributed by atoms with van der Waals surface area (Å²) >= 11 is 0. The second-order valence-electron chi connectivity index (χ2n) is 4.86. The van der Waals surface area contributed by atoms with Crippen LogP contribution in [0.2, 0.25) is 0 Å². The first-order chi connectivity index (χ1) is 8.52. The molecule has 0 aliphatic heterocycles. The van der Waals surface area contributed by atoms with Gasteiger partial charge in [0.2, 0.25) is 0 Å². The van der Waals surface area contributed by atoms with Crippen molar-refractivity contribution in [3.63, 3.8) is 0 Å². The van der Waals surface area contributed by atoms with Gasteiger partial charge in [-0.2, -0.15) is 5.10 Å². The van der Waals surface area contributed by atoms with E-state index in [0.29, 0.717) is 25.8 Å². The minimum absolute atomic E-state index is 0.376. The molecule has 0 spiro atoms. The highest BCUT2D eigenvalue weighted by Gasteiger charge is 2.15. The molecule has 1 N–H and O–H groups in total. The average Bonchev–Trinajstić information content (AvgIpc) is 2.71. The van der Waals surface area contributed by atoms with E-state index in [2.05, 4.69) is 23.8 Å². The van der Waals surface area contributed by atoms with Crippen molar-refractivity contribution in [1.82, 2.24) is 14.7 Å². The van der Waals surface area contributed by atoms with E-state index in [1.54, 1.807) is 4.68 Å². The molecule has 0 amide bonds. The molecule has 1 rings (SSSR count). The predicted molar refractivity (Wildman–Crippen MR) is 71.3 cm³/mol. The van der Waals surface area contributed by atoms with Crippen molar-refractivity contribution in [3.05, 3.63) is 18.0 Å². The third-order valence-corrected chi connectivity index (χ3v) is 2.83. The number of nitrogens with zero attached hydrogens (tertiary/aromatic N) is 3. The molecule has 0 fully saturated rings. The van der Waals surface area contributed by atoms with Crippen LogP contribution in [-0.4, -0.2) is 51.7 Å². The average molecular weight is 255 g/mol. The number of aromatic nitrogens is 2. The topological polar surface area (TPSA) is 50.5 Å². The standard InChI is InChI=1S/C13H25N3O2/c1-5-18-10-13(17)9-16(11(2)3)8-12-6-14-15(4)7-12/h6-7,11,13,17H,5,8-10H2,1-4H3/t13-/m0/s1. The molecular weight excluding hydrogens is 230 g/mol. The molecular formula is C13H25N3O2. The third-order valence-electron chi connectivity index (χ3n) is 2.83. The van der Waals surface area contributed by atoms with E-state index >= 15 is 0 Å². The van der Waals surface area contributed by atoms with Gasteiger partial charge in [0, 0.05) is 44.5 Å². The van der Waals surface area contributed by atoms with Crippen LogP contribution in [0.1, 0.15) is 26.3 Å². The number of ether oxygens (including phenoxy) is 1. The maximum absolute atomic E-state index is 9.90. The summed E-state index contributed by atoms with van der Waals surface area (Å²) in [7, 11) is 1.91. The van der Waals surface area contributed by atoms with Gasteiger partial charge in [-0.05, 0) is 20.8 Å². The number of hydrogen-bond donors (Lipinski definition) is 1. The quantitative estimate of drug-likeness (QED) is 0.754. The third kappa shape index (κ3) is 5.16. The van der Waals surface area contributed by atoms with Crippen LogP contribution in [0.5, 0.6) is 0 Å². The summed E-state index contributed by atoms with van der Waals surface area (Å²) in [6.07, 6.45) is 3.43. The highest BCUT2D eigenvalue weighted by atomic mass is 16.5. The number of rotatable bonds is 8. The fraction of sp³-hybridized carbons (Fsp3) is 0.769. The Morgan fingerprint density at radius 1 is 1.50 bits per heavy atom. The SMILES string of the molecule is CCOC[C@@H](O)CN(Cc1cnn(C)c1)C(C)C. The Morgan fingerprint density at radius 2 is 2.22 bits per heavy atom. The first-order valence-electron chi connectivity index (χ1n) is 6.50. The summed E-state index contributed by atoms with van der Waals surface area (Å²) in [4.78, 5) is 2.22. The van der Waals surface area contributed by atoms with Gasteiger partial charge in [-0.25, -0.2) is 0 Å². The van der Waals surface area contributed by atoms with E-state index in [1.165, 1.54) is 0 Å². The Morgan fingerprint density at radius 3 is 2.72 bits per heavy atom. The summed E-state index contributed by atoms with van der Waals surface area (Å²) in [5.41, 5.74) is 1.16. The van der Waals surface area contributed by atoms with Crippen molar-refractivity contribution in [2.24, 2.45) is 7.05 Å².